The van der Waals surface area contributed by atoms with Gasteiger partial charge >= 0.3 is 0 Å². The lowest BCUT2D eigenvalue weighted by Crippen LogP contribution is -2.42. The number of carbonyl (C=O) groups is 2. The van der Waals surface area contributed by atoms with Gasteiger partial charge in [-0.3, -0.25) is 9.59 Å². The van der Waals surface area contributed by atoms with E-state index < -0.39 is 5.41 Å². The molecule has 4 rings (SSSR count). The van der Waals surface area contributed by atoms with Crippen molar-refractivity contribution in [2.24, 2.45) is 5.41 Å². The summed E-state index contributed by atoms with van der Waals surface area (Å²) in [4.78, 5) is 25.1. The molecule has 25 heavy (non-hydrogen) atoms. The molecule has 7 nitrogen and oxygen atoms in total. The van der Waals surface area contributed by atoms with Crippen LogP contribution in [0.25, 0.3) is 0 Å². The lowest BCUT2D eigenvalue weighted by atomic mass is 10.0. The number of carbonyl (C=O) groups excluding carboxylic acids is 2. The first-order valence-corrected chi connectivity index (χ1v) is 8.78. The normalized spacial score (nSPS) is 23.0. The Balaban J connectivity index is 1.37. The van der Waals surface area contributed by atoms with Crippen LogP contribution >= 0.6 is 0 Å². The van der Waals surface area contributed by atoms with Crippen LogP contribution in [-0.4, -0.2) is 44.3 Å². The zero-order chi connectivity index (χ0) is 17.3. The Bertz CT molecular complexity index is 680. The average Bonchev–Trinajstić information content (AvgIpc) is 3.29. The minimum atomic E-state index is -0.953. The first-order chi connectivity index (χ1) is 12.2. The molecule has 2 N–H and O–H groups in total. The Morgan fingerprint density at radius 2 is 1.88 bits per heavy atom. The number of nitrogens with one attached hydrogen (secondary N) is 2. The number of amides is 2. The molecular weight excluding hydrogens is 324 g/mol. The van der Waals surface area contributed by atoms with Crippen LogP contribution in [0, 0.1) is 5.41 Å². The highest BCUT2D eigenvalue weighted by Gasteiger charge is 2.56. The van der Waals surface area contributed by atoms with Crippen molar-refractivity contribution in [2.75, 3.05) is 31.7 Å². The van der Waals surface area contributed by atoms with Crippen LogP contribution in [0.1, 0.15) is 25.7 Å². The third kappa shape index (κ3) is 3.28. The monoisotopic (exact) mass is 346 g/mol. The molecule has 1 aliphatic carbocycles. The molecule has 134 valence electrons. The summed E-state index contributed by atoms with van der Waals surface area (Å²) < 4.78 is 16.5. The standard InChI is InChI=1S/C18H22N2O5/c21-16(19-11-13-2-1-7-23-13)18(5-6-18)17(22)20-12-3-4-14-15(10-12)25-9-8-24-14/h3-4,10,13H,1-2,5-9,11H2,(H,19,21)(H,20,22). The van der Waals surface area contributed by atoms with Crippen LogP contribution in [0.4, 0.5) is 5.69 Å². The molecule has 1 unspecified atom stereocenters. The molecule has 0 aromatic heterocycles. The van der Waals surface area contributed by atoms with Gasteiger partial charge in [-0.2, -0.15) is 0 Å². The minimum absolute atomic E-state index is 0.0700. The summed E-state index contributed by atoms with van der Waals surface area (Å²) in [6, 6.07) is 5.25. The summed E-state index contributed by atoms with van der Waals surface area (Å²) in [5.41, 5.74) is -0.348. The molecule has 2 fully saturated rings. The number of rotatable bonds is 5. The molecule has 2 heterocycles. The Morgan fingerprint density at radius 1 is 1.08 bits per heavy atom. The van der Waals surface area contributed by atoms with Gasteiger partial charge in [-0.05, 0) is 37.8 Å². The Hall–Kier alpha value is -2.28. The topological polar surface area (TPSA) is 85.9 Å². The maximum absolute atomic E-state index is 12.6. The van der Waals surface area contributed by atoms with E-state index >= 15 is 0 Å². The number of hydrogen-bond donors (Lipinski definition) is 2. The quantitative estimate of drug-likeness (QED) is 0.789. The average molecular weight is 346 g/mol. The molecular formula is C18H22N2O5. The van der Waals surface area contributed by atoms with Gasteiger partial charge in [0.1, 0.15) is 18.6 Å². The van der Waals surface area contributed by atoms with Gasteiger partial charge in [-0.25, -0.2) is 0 Å². The molecule has 3 aliphatic rings. The van der Waals surface area contributed by atoms with E-state index in [-0.39, 0.29) is 17.9 Å². The van der Waals surface area contributed by atoms with Crippen LogP contribution in [0.15, 0.2) is 18.2 Å². The van der Waals surface area contributed by atoms with E-state index in [1.54, 1.807) is 18.2 Å². The predicted octanol–water partition coefficient (Wildman–Crippen LogP) is 1.47. The molecule has 0 bridgehead atoms. The first kappa shape index (κ1) is 16.2. The van der Waals surface area contributed by atoms with E-state index in [0.717, 1.165) is 19.4 Å². The second kappa shape index (κ2) is 6.55. The summed E-state index contributed by atoms with van der Waals surface area (Å²) in [6.45, 7) is 2.22. The van der Waals surface area contributed by atoms with Crippen LogP contribution in [0.3, 0.4) is 0 Å². The number of hydrogen-bond acceptors (Lipinski definition) is 5. The minimum Gasteiger partial charge on any atom is -0.486 e. The highest BCUT2D eigenvalue weighted by molar-refractivity contribution is 6.13. The van der Waals surface area contributed by atoms with Gasteiger partial charge in [0.05, 0.1) is 6.10 Å². The Morgan fingerprint density at radius 3 is 2.60 bits per heavy atom. The molecule has 1 aromatic rings. The molecule has 7 heteroatoms. The molecule has 1 saturated carbocycles. The van der Waals surface area contributed by atoms with Gasteiger partial charge in [-0.1, -0.05) is 0 Å². The first-order valence-electron chi connectivity index (χ1n) is 8.78. The maximum Gasteiger partial charge on any atom is 0.240 e. The number of ether oxygens (including phenoxy) is 3. The van der Waals surface area contributed by atoms with E-state index in [1.807, 2.05) is 0 Å². The largest absolute Gasteiger partial charge is 0.486 e. The third-order valence-electron chi connectivity index (χ3n) is 4.93. The van der Waals surface area contributed by atoms with E-state index in [0.29, 0.717) is 49.8 Å². The van der Waals surface area contributed by atoms with Crippen LogP contribution in [-0.2, 0) is 14.3 Å². The van der Waals surface area contributed by atoms with Crippen molar-refractivity contribution in [1.82, 2.24) is 5.32 Å². The third-order valence-corrected chi connectivity index (χ3v) is 4.93. The summed E-state index contributed by atoms with van der Waals surface area (Å²) in [7, 11) is 0. The van der Waals surface area contributed by atoms with Gasteiger partial charge in [0.2, 0.25) is 11.8 Å². The highest BCUT2D eigenvalue weighted by Crippen LogP contribution is 2.47. The molecule has 0 radical (unpaired) electrons. The van der Waals surface area contributed by atoms with Gasteiger partial charge < -0.3 is 24.8 Å². The molecule has 2 aliphatic heterocycles. The zero-order valence-electron chi connectivity index (χ0n) is 14.0. The zero-order valence-corrected chi connectivity index (χ0v) is 14.0. The Kier molecular flexibility index (Phi) is 4.25. The molecule has 2 amide bonds. The van der Waals surface area contributed by atoms with Crippen LogP contribution in [0.5, 0.6) is 11.5 Å². The summed E-state index contributed by atoms with van der Waals surface area (Å²) in [5, 5.41) is 5.71. The predicted molar refractivity (Wildman–Crippen MR) is 89.7 cm³/mol. The van der Waals surface area contributed by atoms with Gasteiger partial charge in [0, 0.05) is 24.9 Å². The molecule has 1 atom stereocenters. The second-order valence-electron chi connectivity index (χ2n) is 6.74. The number of anilines is 1. The van der Waals surface area contributed by atoms with Gasteiger partial charge in [0.15, 0.2) is 11.5 Å². The van der Waals surface area contributed by atoms with Crippen molar-refractivity contribution in [3.63, 3.8) is 0 Å². The van der Waals surface area contributed by atoms with E-state index in [2.05, 4.69) is 10.6 Å². The number of fused-ring (bicyclic) bond motifs is 1. The van der Waals surface area contributed by atoms with E-state index in [1.165, 1.54) is 0 Å². The Labute approximate surface area is 146 Å². The van der Waals surface area contributed by atoms with Crippen molar-refractivity contribution in [1.29, 1.82) is 0 Å². The summed E-state index contributed by atoms with van der Waals surface area (Å²) in [5.74, 6) is 0.795. The van der Waals surface area contributed by atoms with Crippen molar-refractivity contribution in [2.45, 2.75) is 31.8 Å². The van der Waals surface area contributed by atoms with Crippen molar-refractivity contribution < 1.29 is 23.8 Å². The SMILES string of the molecule is O=C(NCC1CCCO1)C1(C(=O)Nc2ccc3c(c2)OCCO3)CC1. The summed E-state index contributed by atoms with van der Waals surface area (Å²) >= 11 is 0. The van der Waals surface area contributed by atoms with E-state index in [4.69, 9.17) is 14.2 Å². The van der Waals surface area contributed by atoms with Gasteiger partial charge in [0.25, 0.3) is 0 Å². The van der Waals surface area contributed by atoms with Crippen LogP contribution < -0.4 is 20.1 Å². The van der Waals surface area contributed by atoms with Crippen LogP contribution in [0.2, 0.25) is 0 Å². The lowest BCUT2D eigenvalue weighted by molar-refractivity contribution is -0.134. The smallest absolute Gasteiger partial charge is 0.240 e. The molecule has 1 aromatic carbocycles. The highest BCUT2D eigenvalue weighted by atomic mass is 16.6. The van der Waals surface area contributed by atoms with E-state index in [9.17, 15) is 9.59 Å². The molecule has 1 saturated heterocycles. The fourth-order valence-electron chi connectivity index (χ4n) is 3.24. The number of benzene rings is 1. The van der Waals surface area contributed by atoms with Gasteiger partial charge in [-0.15, -0.1) is 0 Å². The fraction of sp³-hybridized carbons (Fsp3) is 0.556. The molecule has 0 spiro atoms. The lowest BCUT2D eigenvalue weighted by Gasteiger charge is -2.20. The summed E-state index contributed by atoms with van der Waals surface area (Å²) in [6.07, 6.45) is 3.19. The second-order valence-corrected chi connectivity index (χ2v) is 6.74. The van der Waals surface area contributed by atoms with Crippen molar-refractivity contribution in [3.05, 3.63) is 18.2 Å². The van der Waals surface area contributed by atoms with Crippen molar-refractivity contribution >= 4 is 17.5 Å². The maximum atomic E-state index is 12.6. The fourth-order valence-corrected chi connectivity index (χ4v) is 3.24. The van der Waals surface area contributed by atoms with Crippen molar-refractivity contribution in [3.8, 4) is 11.5 Å².